The van der Waals surface area contributed by atoms with Crippen molar-refractivity contribution in [2.45, 2.75) is 76.9 Å². The lowest BCUT2D eigenvalue weighted by Gasteiger charge is -2.21. The maximum atomic E-state index is 13.2. The standard InChI is InChI=1S/C26H36N4O4/c1-19(18-34-2)28-25(32)22-16-30(15-13-20-10-8-9-14-27-20)17-23(24(22)31)26(33)29-21-11-6-4-3-5-7-12-21/h8-10,14,16-17,19,21H,3-7,11-13,15,18H2,1-2H3,(H,28,32)(H,29,33). The summed E-state index contributed by atoms with van der Waals surface area (Å²) in [6, 6.07) is 5.46. The van der Waals surface area contributed by atoms with Crippen molar-refractivity contribution in [1.29, 1.82) is 0 Å². The van der Waals surface area contributed by atoms with Crippen LogP contribution in [-0.4, -0.2) is 47.2 Å². The Hall–Kier alpha value is -3.00. The Morgan fingerprint density at radius 3 is 2.41 bits per heavy atom. The number of aromatic nitrogens is 2. The van der Waals surface area contributed by atoms with Crippen LogP contribution in [0.2, 0.25) is 0 Å². The molecule has 0 aromatic carbocycles. The molecule has 1 unspecified atom stereocenters. The van der Waals surface area contributed by atoms with Crippen LogP contribution in [0.3, 0.4) is 0 Å². The number of aryl methyl sites for hydroxylation is 2. The van der Waals surface area contributed by atoms with Gasteiger partial charge in [-0.1, -0.05) is 38.2 Å². The van der Waals surface area contributed by atoms with E-state index in [9.17, 15) is 14.4 Å². The van der Waals surface area contributed by atoms with Gasteiger partial charge in [-0.2, -0.15) is 0 Å². The molecule has 34 heavy (non-hydrogen) atoms. The molecule has 2 amide bonds. The van der Waals surface area contributed by atoms with Crippen molar-refractivity contribution in [3.05, 3.63) is 63.8 Å². The number of nitrogens with one attached hydrogen (secondary N) is 2. The predicted molar refractivity (Wildman–Crippen MR) is 131 cm³/mol. The lowest BCUT2D eigenvalue weighted by molar-refractivity contribution is 0.0903. The summed E-state index contributed by atoms with van der Waals surface area (Å²) in [5, 5.41) is 5.84. The molecule has 0 bridgehead atoms. The van der Waals surface area contributed by atoms with Crippen molar-refractivity contribution in [2.75, 3.05) is 13.7 Å². The minimum Gasteiger partial charge on any atom is -0.383 e. The van der Waals surface area contributed by atoms with Gasteiger partial charge < -0.3 is 19.9 Å². The van der Waals surface area contributed by atoms with Gasteiger partial charge in [0, 0.05) is 56.4 Å². The highest BCUT2D eigenvalue weighted by Gasteiger charge is 2.22. The molecule has 0 saturated heterocycles. The zero-order valence-electron chi connectivity index (χ0n) is 20.2. The quantitative estimate of drug-likeness (QED) is 0.589. The smallest absolute Gasteiger partial charge is 0.257 e. The van der Waals surface area contributed by atoms with E-state index in [-0.39, 0.29) is 23.2 Å². The molecule has 1 atom stereocenters. The largest absolute Gasteiger partial charge is 0.383 e. The minimum absolute atomic E-state index is 0.00451. The summed E-state index contributed by atoms with van der Waals surface area (Å²) in [4.78, 5) is 43.6. The SMILES string of the molecule is COCC(C)NC(=O)c1cn(CCc2ccccn2)cc(C(=O)NC2CCCCCCC2)c1=O. The highest BCUT2D eigenvalue weighted by Crippen LogP contribution is 2.17. The third-order valence-electron chi connectivity index (χ3n) is 6.16. The lowest BCUT2D eigenvalue weighted by atomic mass is 9.96. The van der Waals surface area contributed by atoms with Crippen molar-refractivity contribution in [1.82, 2.24) is 20.2 Å². The zero-order valence-corrected chi connectivity index (χ0v) is 20.2. The van der Waals surface area contributed by atoms with E-state index in [1.165, 1.54) is 25.5 Å². The Kier molecular flexibility index (Phi) is 9.82. The molecule has 1 aliphatic carbocycles. The molecule has 3 rings (SSSR count). The van der Waals surface area contributed by atoms with E-state index in [4.69, 9.17) is 4.74 Å². The highest BCUT2D eigenvalue weighted by atomic mass is 16.5. The highest BCUT2D eigenvalue weighted by molar-refractivity contribution is 5.99. The number of hydrogen-bond acceptors (Lipinski definition) is 5. The molecule has 1 aliphatic rings. The second-order valence-corrected chi connectivity index (χ2v) is 9.07. The summed E-state index contributed by atoms with van der Waals surface area (Å²) in [6.45, 7) is 2.60. The Bertz CT molecular complexity index is 998. The Morgan fingerprint density at radius 1 is 1.09 bits per heavy atom. The van der Waals surface area contributed by atoms with Crippen LogP contribution in [0.15, 0.2) is 41.6 Å². The van der Waals surface area contributed by atoms with Gasteiger partial charge in [-0.15, -0.1) is 0 Å². The topological polar surface area (TPSA) is 102 Å². The van der Waals surface area contributed by atoms with Crippen LogP contribution in [0.1, 0.15) is 78.3 Å². The van der Waals surface area contributed by atoms with E-state index in [1.54, 1.807) is 31.0 Å². The molecule has 0 spiro atoms. The number of hydrogen-bond donors (Lipinski definition) is 2. The van der Waals surface area contributed by atoms with Gasteiger partial charge in [0.25, 0.3) is 11.8 Å². The van der Waals surface area contributed by atoms with Crippen LogP contribution >= 0.6 is 0 Å². The maximum absolute atomic E-state index is 13.2. The summed E-state index contributed by atoms with van der Waals surface area (Å²) in [7, 11) is 1.55. The first-order valence-electron chi connectivity index (χ1n) is 12.2. The Labute approximate surface area is 201 Å². The van der Waals surface area contributed by atoms with Gasteiger partial charge in [0.2, 0.25) is 5.43 Å². The Balaban J connectivity index is 1.85. The van der Waals surface area contributed by atoms with Crippen LogP contribution in [0, 0.1) is 0 Å². The van der Waals surface area contributed by atoms with E-state index in [0.29, 0.717) is 19.6 Å². The fourth-order valence-electron chi connectivity index (χ4n) is 4.33. The number of nitrogens with zero attached hydrogens (tertiary/aromatic N) is 2. The van der Waals surface area contributed by atoms with Gasteiger partial charge in [-0.3, -0.25) is 19.4 Å². The molecule has 2 N–H and O–H groups in total. The second-order valence-electron chi connectivity index (χ2n) is 9.07. The van der Waals surface area contributed by atoms with Gasteiger partial charge in [-0.25, -0.2) is 0 Å². The van der Waals surface area contributed by atoms with Gasteiger partial charge in [0.15, 0.2) is 0 Å². The predicted octanol–water partition coefficient (Wildman–Crippen LogP) is 3.09. The molecule has 2 heterocycles. The van der Waals surface area contributed by atoms with Crippen molar-refractivity contribution >= 4 is 11.8 Å². The molecule has 184 valence electrons. The van der Waals surface area contributed by atoms with Crippen LogP contribution < -0.4 is 16.1 Å². The third kappa shape index (κ3) is 7.52. The molecule has 0 radical (unpaired) electrons. The van der Waals surface area contributed by atoms with Crippen LogP contribution in [0.25, 0.3) is 0 Å². The van der Waals surface area contributed by atoms with Crippen molar-refractivity contribution in [2.24, 2.45) is 0 Å². The number of carbonyl (C=O) groups excluding carboxylic acids is 2. The summed E-state index contributed by atoms with van der Waals surface area (Å²) in [6.07, 6.45) is 12.9. The zero-order chi connectivity index (χ0) is 24.3. The van der Waals surface area contributed by atoms with Gasteiger partial charge in [-0.05, 0) is 31.9 Å². The normalized spacial score (nSPS) is 15.7. The van der Waals surface area contributed by atoms with E-state index in [1.807, 2.05) is 18.2 Å². The Morgan fingerprint density at radius 2 is 1.76 bits per heavy atom. The number of pyridine rings is 2. The second kappa shape index (κ2) is 13.0. The molecule has 1 fully saturated rings. The van der Waals surface area contributed by atoms with Crippen LogP contribution in [-0.2, 0) is 17.7 Å². The molecule has 1 saturated carbocycles. The first-order valence-corrected chi connectivity index (χ1v) is 12.2. The first-order chi connectivity index (χ1) is 16.5. The van der Waals surface area contributed by atoms with Gasteiger partial charge >= 0.3 is 0 Å². The van der Waals surface area contributed by atoms with Crippen molar-refractivity contribution in [3.63, 3.8) is 0 Å². The molecule has 0 aliphatic heterocycles. The summed E-state index contributed by atoms with van der Waals surface area (Å²) >= 11 is 0. The van der Waals surface area contributed by atoms with Crippen LogP contribution in [0.4, 0.5) is 0 Å². The number of rotatable bonds is 9. The lowest BCUT2D eigenvalue weighted by Crippen LogP contribution is -2.41. The van der Waals surface area contributed by atoms with E-state index >= 15 is 0 Å². The third-order valence-corrected chi connectivity index (χ3v) is 6.16. The maximum Gasteiger partial charge on any atom is 0.257 e. The molecular formula is C26H36N4O4. The van der Waals surface area contributed by atoms with Crippen LogP contribution in [0.5, 0.6) is 0 Å². The number of methoxy groups -OCH3 is 1. The summed E-state index contributed by atoms with van der Waals surface area (Å²) < 4.78 is 6.81. The van der Waals surface area contributed by atoms with Gasteiger partial charge in [0.1, 0.15) is 11.1 Å². The van der Waals surface area contributed by atoms with Crippen molar-refractivity contribution in [3.8, 4) is 0 Å². The fraction of sp³-hybridized carbons (Fsp3) is 0.538. The summed E-state index contributed by atoms with van der Waals surface area (Å²) in [5.41, 5.74) is 0.283. The minimum atomic E-state index is -0.556. The molecule has 2 aromatic heterocycles. The van der Waals surface area contributed by atoms with Gasteiger partial charge in [0.05, 0.1) is 6.61 Å². The molecule has 8 heteroatoms. The number of carbonyl (C=O) groups is 2. The van der Waals surface area contributed by atoms with E-state index in [0.717, 1.165) is 31.4 Å². The monoisotopic (exact) mass is 468 g/mol. The molecule has 2 aromatic rings. The fourth-order valence-corrected chi connectivity index (χ4v) is 4.33. The number of amides is 2. The average Bonchev–Trinajstić information content (AvgIpc) is 2.80. The number of ether oxygens (including phenoxy) is 1. The molecule has 8 nitrogen and oxygen atoms in total. The summed E-state index contributed by atoms with van der Waals surface area (Å²) in [5.74, 6) is -0.927. The van der Waals surface area contributed by atoms with E-state index in [2.05, 4.69) is 15.6 Å². The first kappa shape index (κ1) is 25.6. The van der Waals surface area contributed by atoms with E-state index < -0.39 is 17.2 Å². The van der Waals surface area contributed by atoms with Crippen molar-refractivity contribution < 1.29 is 14.3 Å². The molecular weight excluding hydrogens is 432 g/mol. The average molecular weight is 469 g/mol.